The first-order valence-electron chi connectivity index (χ1n) is 10.9. The van der Waals surface area contributed by atoms with Crippen LogP contribution in [0, 0.1) is 32.1 Å². The second kappa shape index (κ2) is 10.7. The van der Waals surface area contributed by atoms with Gasteiger partial charge in [-0.15, -0.1) is 0 Å². The van der Waals surface area contributed by atoms with Crippen LogP contribution in [0.3, 0.4) is 0 Å². The van der Waals surface area contributed by atoms with Gasteiger partial charge >= 0.3 is 5.97 Å². The molecule has 30 heavy (non-hydrogen) atoms. The molecule has 1 rings (SSSR count). The minimum Gasteiger partial charge on any atom is -0.462 e. The average molecular weight is 435 g/mol. The largest absolute Gasteiger partial charge is 0.462 e. The predicted octanol–water partition coefficient (Wildman–Crippen LogP) is 7.02. The minimum atomic E-state index is -1.37. The number of rotatable bonds is 10. The molecule has 0 aliphatic rings. The van der Waals surface area contributed by atoms with Crippen molar-refractivity contribution >= 4 is 20.2 Å². The van der Waals surface area contributed by atoms with Crippen molar-refractivity contribution in [1.29, 1.82) is 0 Å². The molecule has 0 amide bonds. The fourth-order valence-electron chi connectivity index (χ4n) is 4.38. The lowest BCUT2D eigenvalue weighted by Gasteiger charge is -2.31. The highest BCUT2D eigenvalue weighted by atomic mass is 31.1. The van der Waals surface area contributed by atoms with Crippen molar-refractivity contribution in [2.24, 2.45) is 11.3 Å². The van der Waals surface area contributed by atoms with Crippen molar-refractivity contribution < 1.29 is 18.9 Å². The summed E-state index contributed by atoms with van der Waals surface area (Å²) in [6.45, 7) is 18.0. The molecule has 0 saturated carbocycles. The van der Waals surface area contributed by atoms with E-state index in [0.717, 1.165) is 23.1 Å². The number of aryl methyl sites for hydroxylation is 3. The Balaban J connectivity index is 3.32. The molecule has 1 aromatic carbocycles. The molecule has 0 heterocycles. The molecular weight excluding hydrogens is 395 g/mol. The Morgan fingerprint density at radius 1 is 1.03 bits per heavy atom. The van der Waals surface area contributed by atoms with Crippen LogP contribution in [-0.2, 0) is 14.1 Å². The normalized spacial score (nSPS) is 16.0. The van der Waals surface area contributed by atoms with Crippen LogP contribution in [0.25, 0.3) is 0 Å². The second-order valence-electron chi connectivity index (χ2n) is 10.2. The molecule has 0 N–H and O–H groups in total. The van der Waals surface area contributed by atoms with E-state index in [1.165, 1.54) is 0 Å². The number of Topliss-reactive ketones (excluding diaryl/α,β-unsaturated/α-hetero) is 1. The molecular formula is C25H39O4P. The van der Waals surface area contributed by atoms with Crippen molar-refractivity contribution in [3.8, 4) is 0 Å². The zero-order valence-electron chi connectivity index (χ0n) is 20.2. The van der Waals surface area contributed by atoms with Gasteiger partial charge in [-0.1, -0.05) is 52.3 Å². The summed E-state index contributed by atoms with van der Waals surface area (Å²) in [6.07, 6.45) is 1.47. The summed E-state index contributed by atoms with van der Waals surface area (Å²) in [5.41, 5.74) is 3.54. The van der Waals surface area contributed by atoms with E-state index in [1.54, 1.807) is 0 Å². The van der Waals surface area contributed by atoms with Gasteiger partial charge < -0.3 is 4.74 Å². The fourth-order valence-corrected chi connectivity index (χ4v) is 5.10. The van der Waals surface area contributed by atoms with E-state index in [9.17, 15) is 14.2 Å². The smallest absolute Gasteiger partial charge is 0.324 e. The Bertz CT molecular complexity index is 755. The molecule has 168 valence electrons. The molecule has 1 aromatic rings. The van der Waals surface area contributed by atoms with Crippen LogP contribution in [0.1, 0.15) is 94.3 Å². The van der Waals surface area contributed by atoms with Crippen molar-refractivity contribution in [2.45, 2.75) is 99.3 Å². The first-order valence-corrected chi connectivity index (χ1v) is 11.7. The van der Waals surface area contributed by atoms with Gasteiger partial charge in [0.25, 0.3) is 0 Å². The van der Waals surface area contributed by atoms with Gasteiger partial charge in [-0.05, 0) is 69.4 Å². The highest BCUT2D eigenvalue weighted by molar-refractivity contribution is 7.28. The van der Waals surface area contributed by atoms with E-state index in [-0.39, 0.29) is 38.1 Å². The highest BCUT2D eigenvalue weighted by Gasteiger charge is 2.45. The Morgan fingerprint density at radius 3 is 2.00 bits per heavy atom. The van der Waals surface area contributed by atoms with Crippen LogP contribution < -0.4 is 0 Å². The molecule has 0 aliphatic heterocycles. The number of benzene rings is 1. The average Bonchev–Trinajstić information content (AvgIpc) is 2.58. The molecule has 0 spiro atoms. The third-order valence-corrected chi connectivity index (χ3v) is 6.37. The van der Waals surface area contributed by atoms with E-state index >= 15 is 0 Å². The minimum absolute atomic E-state index is 0.0691. The van der Waals surface area contributed by atoms with E-state index in [1.807, 2.05) is 46.8 Å². The third kappa shape index (κ3) is 7.30. The monoisotopic (exact) mass is 434 g/mol. The standard InChI is InChI=1S/C25H39O4P/c1-10-20(6)29-23(27)25(30-28,14-17(3)13-24(7,8)9)15-21(26)22-18(4)11-16(2)12-19(22)5/h11-12,17,20H,10,13-15H2,1-9H3. The first-order chi connectivity index (χ1) is 13.7. The van der Waals surface area contributed by atoms with E-state index in [0.29, 0.717) is 18.4 Å². The number of carbonyl (C=O) groups is 2. The van der Waals surface area contributed by atoms with Gasteiger partial charge in [-0.3, -0.25) is 14.2 Å². The third-order valence-electron chi connectivity index (χ3n) is 5.49. The lowest BCUT2D eigenvalue weighted by atomic mass is 9.79. The van der Waals surface area contributed by atoms with Gasteiger partial charge in [0, 0.05) is 12.0 Å². The van der Waals surface area contributed by atoms with Crippen LogP contribution in [0.5, 0.6) is 0 Å². The summed E-state index contributed by atoms with van der Waals surface area (Å²) in [4.78, 5) is 26.5. The molecule has 0 aliphatic carbocycles. The van der Waals surface area contributed by atoms with Crippen molar-refractivity contribution in [3.05, 3.63) is 34.4 Å². The highest BCUT2D eigenvalue weighted by Crippen LogP contribution is 2.40. The van der Waals surface area contributed by atoms with Gasteiger partial charge in [0.05, 0.1) is 6.10 Å². The molecule has 0 fully saturated rings. The maximum atomic E-state index is 13.3. The summed E-state index contributed by atoms with van der Waals surface area (Å²) >= 11 is 0. The van der Waals surface area contributed by atoms with Crippen molar-refractivity contribution in [3.63, 3.8) is 0 Å². The maximum absolute atomic E-state index is 13.3. The molecule has 0 bridgehead atoms. The zero-order valence-corrected chi connectivity index (χ0v) is 21.1. The Morgan fingerprint density at radius 2 is 1.57 bits per heavy atom. The Hall–Kier alpha value is -1.54. The number of esters is 1. The van der Waals surface area contributed by atoms with Crippen LogP contribution in [0.15, 0.2) is 12.1 Å². The van der Waals surface area contributed by atoms with Crippen LogP contribution >= 0.6 is 8.46 Å². The number of hydrogen-bond acceptors (Lipinski definition) is 4. The molecule has 3 unspecified atom stereocenters. The topological polar surface area (TPSA) is 60.4 Å². The molecule has 0 radical (unpaired) electrons. The lowest BCUT2D eigenvalue weighted by Crippen LogP contribution is -2.40. The zero-order chi connectivity index (χ0) is 23.3. The van der Waals surface area contributed by atoms with Gasteiger partial charge in [-0.25, -0.2) is 0 Å². The summed E-state index contributed by atoms with van der Waals surface area (Å²) in [7, 11) is -0.356. The van der Waals surface area contributed by atoms with E-state index in [2.05, 4.69) is 27.7 Å². The number of ketones is 1. The Labute approximate surface area is 184 Å². The number of ether oxygens (including phenoxy) is 1. The van der Waals surface area contributed by atoms with Gasteiger partial charge in [0.1, 0.15) is 0 Å². The lowest BCUT2D eigenvalue weighted by molar-refractivity contribution is -0.152. The number of hydrogen-bond donors (Lipinski definition) is 0. The van der Waals surface area contributed by atoms with E-state index in [4.69, 9.17) is 4.74 Å². The van der Waals surface area contributed by atoms with Crippen LogP contribution in [0.2, 0.25) is 0 Å². The maximum Gasteiger partial charge on any atom is 0.324 e. The first kappa shape index (κ1) is 26.5. The van der Waals surface area contributed by atoms with E-state index < -0.39 is 11.1 Å². The summed E-state index contributed by atoms with van der Waals surface area (Å²) < 4.78 is 18.1. The van der Waals surface area contributed by atoms with Gasteiger partial charge in [-0.2, -0.15) is 0 Å². The summed E-state index contributed by atoms with van der Waals surface area (Å²) in [6, 6.07) is 3.94. The predicted molar refractivity (Wildman–Crippen MR) is 124 cm³/mol. The SMILES string of the molecule is CCC(C)OC(=O)C(CC(=O)c1c(C)cc(C)cc1C)(CC(C)CC(C)(C)C)P=O. The van der Waals surface area contributed by atoms with Gasteiger partial charge in [0.2, 0.25) is 0 Å². The van der Waals surface area contributed by atoms with Gasteiger partial charge in [0.15, 0.2) is 19.4 Å². The van der Waals surface area contributed by atoms with Crippen LogP contribution in [-0.4, -0.2) is 23.0 Å². The molecule has 0 aromatic heterocycles. The quantitative estimate of drug-likeness (QED) is 0.225. The van der Waals surface area contributed by atoms with Crippen molar-refractivity contribution in [2.75, 3.05) is 0 Å². The van der Waals surface area contributed by atoms with Crippen molar-refractivity contribution in [1.82, 2.24) is 0 Å². The molecule has 0 saturated heterocycles. The summed E-state index contributed by atoms with van der Waals surface area (Å²) in [5, 5.41) is -1.37. The molecule has 3 atom stereocenters. The number of carbonyl (C=O) groups excluding carboxylic acids is 2. The molecule has 5 heteroatoms. The second-order valence-corrected chi connectivity index (χ2v) is 11.2. The fraction of sp³-hybridized carbons (Fsp3) is 0.680. The Kier molecular flexibility index (Phi) is 9.42. The molecule has 4 nitrogen and oxygen atoms in total. The van der Waals surface area contributed by atoms with Crippen LogP contribution in [0.4, 0.5) is 0 Å². The summed E-state index contributed by atoms with van der Waals surface area (Å²) in [5.74, 6) is -0.577.